The molecule has 8 heteroatoms. The number of nitrogens with zero attached hydrogens (tertiary/aromatic N) is 3. The van der Waals surface area contributed by atoms with Crippen LogP contribution in [0.5, 0.6) is 5.88 Å². The molecule has 2 saturated carbocycles. The Labute approximate surface area is 242 Å². The zero-order chi connectivity index (χ0) is 30.9. The first kappa shape index (κ1) is 23.3. The van der Waals surface area contributed by atoms with Crippen LogP contribution in [0.3, 0.4) is 0 Å². The molecule has 1 aliphatic heterocycles. The van der Waals surface area contributed by atoms with Crippen molar-refractivity contribution in [2.45, 2.75) is 76.7 Å². The van der Waals surface area contributed by atoms with E-state index in [2.05, 4.69) is 35.1 Å². The summed E-state index contributed by atoms with van der Waals surface area (Å²) < 4.78 is 64.0. The maximum Gasteiger partial charge on any atom is 0.264 e. The van der Waals surface area contributed by atoms with Gasteiger partial charge in [-0.05, 0) is 86.1 Å². The number of aromatic nitrogens is 2. The molecule has 0 radical (unpaired) electrons. The largest absolute Gasteiger partial charge is 0.475 e. The highest BCUT2D eigenvalue weighted by Crippen LogP contribution is 2.62. The monoisotopic (exact) mass is 561 g/mol. The molecule has 2 aliphatic carbocycles. The second-order valence-corrected chi connectivity index (χ2v) is 13.4. The molecule has 1 unspecified atom stereocenters. The van der Waals surface area contributed by atoms with Gasteiger partial charge in [0.1, 0.15) is 6.61 Å². The lowest BCUT2D eigenvalue weighted by atomic mass is 9.75. The van der Waals surface area contributed by atoms with Gasteiger partial charge in [-0.1, -0.05) is 50.8 Å². The minimum atomic E-state index is -4.12. The Hall–Kier alpha value is -3.39. The smallest absolute Gasteiger partial charge is 0.264 e. The van der Waals surface area contributed by atoms with Gasteiger partial charge in [-0.2, -0.15) is 4.98 Å². The third-order valence-corrected chi connectivity index (χ3v) is 9.35. The van der Waals surface area contributed by atoms with Crippen molar-refractivity contribution in [1.29, 1.82) is 0 Å². The quantitative estimate of drug-likeness (QED) is 0.387. The molecule has 1 N–H and O–H groups in total. The van der Waals surface area contributed by atoms with Crippen molar-refractivity contribution in [3.8, 4) is 17.1 Å². The van der Waals surface area contributed by atoms with E-state index in [1.165, 1.54) is 12.1 Å². The SMILES string of the molecule is [2H]C1(N2C(=C)c3cccc(c3)S(=O)(=O)Nc3nc(cc(-c4c(C)cccc4C)n3)OC[C@H]2CC(C)C)CC2(CC2)C1([2H])[2H]. The van der Waals surface area contributed by atoms with Crippen LogP contribution in [0.4, 0.5) is 5.95 Å². The molecule has 2 fully saturated rings. The summed E-state index contributed by atoms with van der Waals surface area (Å²) in [6, 6.07) is 12.0. The average Bonchev–Trinajstić information content (AvgIpc) is 3.73. The fourth-order valence-electron chi connectivity index (χ4n) is 5.84. The lowest BCUT2D eigenvalue weighted by Crippen LogP contribution is -2.51. The molecule has 3 aliphatic rings. The zero-order valence-corrected chi connectivity index (χ0v) is 24.3. The van der Waals surface area contributed by atoms with Gasteiger partial charge in [-0.3, -0.25) is 0 Å². The van der Waals surface area contributed by atoms with E-state index in [1.54, 1.807) is 23.1 Å². The third-order valence-electron chi connectivity index (χ3n) is 8.03. The Balaban J connectivity index is 1.53. The number of rotatable bonds is 4. The van der Waals surface area contributed by atoms with Crippen molar-refractivity contribution >= 4 is 21.7 Å². The third kappa shape index (κ3) is 5.09. The Morgan fingerprint density at radius 1 is 1.18 bits per heavy atom. The van der Waals surface area contributed by atoms with Gasteiger partial charge in [0.25, 0.3) is 10.0 Å². The van der Waals surface area contributed by atoms with Gasteiger partial charge in [0.2, 0.25) is 11.8 Å². The molecule has 1 aromatic heterocycles. The number of aryl methyl sites for hydroxylation is 2. The first-order valence-corrected chi connectivity index (χ1v) is 15.4. The number of anilines is 1. The zero-order valence-electron chi connectivity index (χ0n) is 26.5. The average molecular weight is 562 g/mol. The van der Waals surface area contributed by atoms with Crippen molar-refractivity contribution in [2.75, 3.05) is 11.3 Å². The number of hydrogen-bond donors (Lipinski definition) is 1. The van der Waals surface area contributed by atoms with E-state index in [0.29, 0.717) is 29.8 Å². The Kier molecular flexibility index (Phi) is 5.78. The maximum absolute atomic E-state index is 13.6. The van der Waals surface area contributed by atoms with Gasteiger partial charge in [-0.25, -0.2) is 18.1 Å². The predicted molar refractivity (Wildman–Crippen MR) is 158 cm³/mol. The number of nitrogens with one attached hydrogen (secondary N) is 1. The standard InChI is InChI=1S/C32H38N4O3S/c1-20(2)14-25-19-39-29-16-28(30-21(3)8-6-9-22(30)4)33-31(34-29)35-40(37,38)27-11-7-10-24(15-27)23(5)36(25)26-17-32(18-26)12-13-32/h6-11,15-16,20,25-26H,5,12-14,17-19H2,1-4H3,(H,33,34,35)/t25-/m1/s1/i17D2,26D/t25-,26?. The normalized spacial score (nSPS) is 27.0. The van der Waals surface area contributed by atoms with Crippen LogP contribution < -0.4 is 9.46 Å². The molecule has 2 aromatic carbocycles. The molecule has 210 valence electrons. The van der Waals surface area contributed by atoms with E-state index >= 15 is 0 Å². The summed E-state index contributed by atoms with van der Waals surface area (Å²) >= 11 is 0. The van der Waals surface area contributed by atoms with Gasteiger partial charge in [-0.15, -0.1) is 0 Å². The molecule has 2 heterocycles. The van der Waals surface area contributed by atoms with E-state index in [1.807, 2.05) is 32.0 Å². The summed E-state index contributed by atoms with van der Waals surface area (Å²) in [7, 11) is -4.12. The Morgan fingerprint density at radius 2 is 1.90 bits per heavy atom. The summed E-state index contributed by atoms with van der Waals surface area (Å²) in [4.78, 5) is 10.8. The van der Waals surface area contributed by atoms with E-state index < -0.39 is 33.9 Å². The first-order valence-electron chi connectivity index (χ1n) is 15.4. The highest BCUT2D eigenvalue weighted by molar-refractivity contribution is 7.92. The Bertz CT molecular complexity index is 1700. The van der Waals surface area contributed by atoms with Crippen LogP contribution in [-0.4, -0.2) is 42.0 Å². The highest BCUT2D eigenvalue weighted by Gasteiger charge is 2.55. The summed E-state index contributed by atoms with van der Waals surface area (Å²) in [5.41, 5.74) is 3.73. The molecule has 0 saturated heterocycles. The molecule has 1 spiro atoms. The summed E-state index contributed by atoms with van der Waals surface area (Å²) in [6.45, 7) is 12.5. The van der Waals surface area contributed by atoms with Gasteiger partial charge in [0.15, 0.2) is 0 Å². The molecule has 3 aromatic rings. The molecular formula is C32H38N4O3S. The van der Waals surface area contributed by atoms with Crippen LogP contribution >= 0.6 is 0 Å². The van der Waals surface area contributed by atoms with Crippen LogP contribution in [0.15, 0.2) is 60.0 Å². The fourth-order valence-corrected chi connectivity index (χ4v) is 6.83. The van der Waals surface area contributed by atoms with E-state index in [4.69, 9.17) is 7.48 Å². The second kappa shape index (κ2) is 9.91. The van der Waals surface area contributed by atoms with Crippen molar-refractivity contribution in [1.82, 2.24) is 14.9 Å². The lowest BCUT2D eigenvalue weighted by Gasteiger charge is -2.49. The second-order valence-electron chi connectivity index (χ2n) is 11.8. The molecule has 2 atom stereocenters. The molecule has 40 heavy (non-hydrogen) atoms. The van der Waals surface area contributed by atoms with Gasteiger partial charge < -0.3 is 9.64 Å². The van der Waals surface area contributed by atoms with Crippen molar-refractivity contribution in [3.05, 3.63) is 71.8 Å². The van der Waals surface area contributed by atoms with Crippen molar-refractivity contribution in [3.63, 3.8) is 0 Å². The topological polar surface area (TPSA) is 84.4 Å². The lowest BCUT2D eigenvalue weighted by molar-refractivity contribution is 0.0515. The number of benzene rings is 2. The molecule has 0 amide bonds. The minimum Gasteiger partial charge on any atom is -0.475 e. The van der Waals surface area contributed by atoms with Gasteiger partial charge in [0.05, 0.1) is 18.0 Å². The number of sulfonamides is 1. The summed E-state index contributed by atoms with van der Waals surface area (Å²) in [5.74, 6) is 0.271. The van der Waals surface area contributed by atoms with Crippen LogP contribution in [0.1, 0.15) is 66.7 Å². The van der Waals surface area contributed by atoms with Gasteiger partial charge >= 0.3 is 0 Å². The van der Waals surface area contributed by atoms with Crippen LogP contribution in [-0.2, 0) is 10.0 Å². The molecule has 6 rings (SSSR count). The molecule has 7 nitrogen and oxygen atoms in total. The van der Waals surface area contributed by atoms with E-state index in [9.17, 15) is 9.79 Å². The van der Waals surface area contributed by atoms with Gasteiger partial charge in [0, 0.05) is 26.1 Å². The van der Waals surface area contributed by atoms with Crippen LogP contribution in [0.25, 0.3) is 17.0 Å². The molecule has 4 bridgehead atoms. The predicted octanol–water partition coefficient (Wildman–Crippen LogP) is 6.58. The Morgan fingerprint density at radius 3 is 2.58 bits per heavy atom. The maximum atomic E-state index is 13.6. The summed E-state index contributed by atoms with van der Waals surface area (Å²) in [6.07, 6.45) is 0.706. The van der Waals surface area contributed by atoms with Crippen molar-refractivity contribution < 1.29 is 17.3 Å². The highest BCUT2D eigenvalue weighted by atomic mass is 32.2. The number of ether oxygens (including phenoxy) is 1. The first-order chi connectivity index (χ1) is 20.2. The van der Waals surface area contributed by atoms with Crippen LogP contribution in [0.2, 0.25) is 0 Å². The van der Waals surface area contributed by atoms with E-state index in [-0.39, 0.29) is 29.2 Å². The fraction of sp³-hybridized carbons (Fsp3) is 0.438. The van der Waals surface area contributed by atoms with Crippen LogP contribution in [0, 0.1) is 25.2 Å². The van der Waals surface area contributed by atoms with E-state index in [0.717, 1.165) is 29.5 Å². The van der Waals surface area contributed by atoms with Crippen molar-refractivity contribution in [2.24, 2.45) is 11.3 Å². The summed E-state index contributed by atoms with van der Waals surface area (Å²) in [5, 5.41) is 0. The number of hydrogen-bond acceptors (Lipinski definition) is 6. The number of fused-ring (bicyclic) bond motifs is 4. The molecular weight excluding hydrogens is 520 g/mol. The minimum absolute atomic E-state index is 0.0105.